The first-order valence-electron chi connectivity index (χ1n) is 8.69. The number of aromatic nitrogens is 2. The third kappa shape index (κ3) is 4.03. The molecule has 1 saturated heterocycles. The first kappa shape index (κ1) is 16.7. The molecule has 3 rings (SSSR count). The van der Waals surface area contributed by atoms with Crippen molar-refractivity contribution in [2.24, 2.45) is 7.05 Å². The number of nitrogens with zero attached hydrogens (tertiary/aromatic N) is 4. The maximum absolute atomic E-state index is 13.0. The van der Waals surface area contributed by atoms with E-state index >= 15 is 0 Å². The largest absolute Gasteiger partial charge is 0.332 e. The first-order chi connectivity index (χ1) is 11.6. The molecule has 0 spiro atoms. The van der Waals surface area contributed by atoms with Gasteiger partial charge in [0, 0.05) is 26.7 Å². The average Bonchev–Trinajstić information content (AvgIpc) is 3.21. The lowest BCUT2D eigenvalue weighted by Gasteiger charge is -2.25. The van der Waals surface area contributed by atoms with E-state index in [2.05, 4.69) is 22.1 Å². The Hall–Kier alpha value is -2.14. The minimum Gasteiger partial charge on any atom is -0.332 e. The van der Waals surface area contributed by atoms with E-state index in [4.69, 9.17) is 0 Å². The van der Waals surface area contributed by atoms with Gasteiger partial charge in [0.15, 0.2) is 0 Å². The highest BCUT2D eigenvalue weighted by Gasteiger charge is 2.21. The van der Waals surface area contributed by atoms with Crippen molar-refractivity contribution in [2.75, 3.05) is 26.2 Å². The zero-order chi connectivity index (χ0) is 16.9. The average molecular weight is 326 g/mol. The number of amides is 1. The van der Waals surface area contributed by atoms with Gasteiger partial charge in [-0.3, -0.25) is 9.48 Å². The second-order valence-corrected chi connectivity index (χ2v) is 6.56. The number of aryl methyl sites for hydroxylation is 2. The summed E-state index contributed by atoms with van der Waals surface area (Å²) in [6, 6.07) is 12.1. The summed E-state index contributed by atoms with van der Waals surface area (Å²) in [5, 5.41) is 4.32. The Morgan fingerprint density at radius 3 is 2.54 bits per heavy atom. The smallest absolute Gasteiger partial charge is 0.272 e. The van der Waals surface area contributed by atoms with Gasteiger partial charge in [0.25, 0.3) is 5.91 Å². The molecule has 1 aliphatic rings. The quantitative estimate of drug-likeness (QED) is 0.819. The van der Waals surface area contributed by atoms with Crippen molar-refractivity contribution in [3.63, 3.8) is 0 Å². The molecule has 0 atom stereocenters. The Balaban J connectivity index is 1.74. The maximum atomic E-state index is 13.0. The SMILES string of the molecule is Cc1cc(C(=O)N(CCN2CCCC2)Cc2ccccc2)n(C)n1. The standard InChI is InChI=1S/C19H26N4O/c1-16-14-18(21(2)20-16)19(24)23(13-12-22-10-6-7-11-22)15-17-8-4-3-5-9-17/h3-5,8-9,14H,6-7,10-13,15H2,1-2H3. The second-order valence-electron chi connectivity index (χ2n) is 6.56. The molecule has 1 aromatic carbocycles. The summed E-state index contributed by atoms with van der Waals surface area (Å²) < 4.78 is 1.69. The molecular formula is C19H26N4O. The van der Waals surface area contributed by atoms with Crippen LogP contribution in [-0.4, -0.2) is 51.7 Å². The summed E-state index contributed by atoms with van der Waals surface area (Å²) >= 11 is 0. The van der Waals surface area contributed by atoms with E-state index in [1.807, 2.05) is 43.1 Å². The van der Waals surface area contributed by atoms with Crippen molar-refractivity contribution in [1.82, 2.24) is 19.6 Å². The van der Waals surface area contributed by atoms with Gasteiger partial charge in [0.2, 0.25) is 0 Å². The molecular weight excluding hydrogens is 300 g/mol. The molecule has 0 bridgehead atoms. The first-order valence-corrected chi connectivity index (χ1v) is 8.69. The van der Waals surface area contributed by atoms with Gasteiger partial charge in [-0.05, 0) is 44.5 Å². The number of carbonyl (C=O) groups excluding carboxylic acids is 1. The molecule has 24 heavy (non-hydrogen) atoms. The van der Waals surface area contributed by atoms with E-state index in [1.165, 1.54) is 12.8 Å². The number of hydrogen-bond acceptors (Lipinski definition) is 3. The van der Waals surface area contributed by atoms with Crippen molar-refractivity contribution in [2.45, 2.75) is 26.3 Å². The molecule has 5 heteroatoms. The van der Waals surface area contributed by atoms with Crippen LogP contribution < -0.4 is 0 Å². The predicted molar refractivity (Wildman–Crippen MR) is 94.8 cm³/mol. The Kier molecular flexibility index (Phi) is 5.30. The van der Waals surface area contributed by atoms with Crippen LogP contribution in [0, 0.1) is 6.92 Å². The van der Waals surface area contributed by atoms with Crippen LogP contribution in [0.1, 0.15) is 34.6 Å². The van der Waals surface area contributed by atoms with Crippen molar-refractivity contribution in [1.29, 1.82) is 0 Å². The number of benzene rings is 1. The Bertz CT molecular complexity index is 674. The lowest BCUT2D eigenvalue weighted by atomic mass is 10.2. The van der Waals surface area contributed by atoms with Crippen LogP contribution in [0.25, 0.3) is 0 Å². The van der Waals surface area contributed by atoms with Crippen LogP contribution in [0.3, 0.4) is 0 Å². The number of carbonyl (C=O) groups is 1. The zero-order valence-electron chi connectivity index (χ0n) is 14.6. The highest BCUT2D eigenvalue weighted by molar-refractivity contribution is 5.92. The summed E-state index contributed by atoms with van der Waals surface area (Å²) in [4.78, 5) is 17.4. The van der Waals surface area contributed by atoms with Gasteiger partial charge in [-0.15, -0.1) is 0 Å². The van der Waals surface area contributed by atoms with Crippen molar-refractivity contribution >= 4 is 5.91 Å². The number of hydrogen-bond donors (Lipinski definition) is 0. The van der Waals surface area contributed by atoms with Gasteiger partial charge < -0.3 is 9.80 Å². The van der Waals surface area contributed by atoms with Crippen LogP contribution in [0.4, 0.5) is 0 Å². The molecule has 1 aromatic heterocycles. The molecule has 5 nitrogen and oxygen atoms in total. The molecule has 2 heterocycles. The monoisotopic (exact) mass is 326 g/mol. The maximum Gasteiger partial charge on any atom is 0.272 e. The molecule has 0 radical (unpaired) electrons. The lowest BCUT2D eigenvalue weighted by Crippen LogP contribution is -2.38. The summed E-state index contributed by atoms with van der Waals surface area (Å²) in [5.74, 6) is 0.0566. The van der Waals surface area contributed by atoms with E-state index in [-0.39, 0.29) is 5.91 Å². The Morgan fingerprint density at radius 1 is 1.21 bits per heavy atom. The molecule has 0 aliphatic carbocycles. The summed E-state index contributed by atoms with van der Waals surface area (Å²) in [6.45, 7) is 6.55. The molecule has 1 fully saturated rings. The molecule has 0 saturated carbocycles. The second kappa shape index (κ2) is 7.62. The van der Waals surface area contributed by atoms with Crippen LogP contribution in [0.15, 0.2) is 36.4 Å². The molecule has 1 aliphatic heterocycles. The van der Waals surface area contributed by atoms with Crippen molar-refractivity contribution < 1.29 is 4.79 Å². The number of rotatable bonds is 6. The lowest BCUT2D eigenvalue weighted by molar-refractivity contribution is 0.0716. The summed E-state index contributed by atoms with van der Waals surface area (Å²) in [6.07, 6.45) is 2.54. The highest BCUT2D eigenvalue weighted by atomic mass is 16.2. The molecule has 128 valence electrons. The fraction of sp³-hybridized carbons (Fsp3) is 0.474. The van der Waals surface area contributed by atoms with Gasteiger partial charge in [0.1, 0.15) is 5.69 Å². The van der Waals surface area contributed by atoms with Crippen molar-refractivity contribution in [3.05, 3.63) is 53.3 Å². The fourth-order valence-corrected chi connectivity index (χ4v) is 3.30. The van der Waals surface area contributed by atoms with Gasteiger partial charge >= 0.3 is 0 Å². The topological polar surface area (TPSA) is 41.4 Å². The van der Waals surface area contributed by atoms with Crippen LogP contribution >= 0.6 is 0 Å². The van der Waals surface area contributed by atoms with Crippen LogP contribution in [0.2, 0.25) is 0 Å². The van der Waals surface area contributed by atoms with Gasteiger partial charge in [-0.2, -0.15) is 5.10 Å². The van der Waals surface area contributed by atoms with Crippen LogP contribution in [0.5, 0.6) is 0 Å². The molecule has 1 amide bonds. The Morgan fingerprint density at radius 2 is 1.92 bits per heavy atom. The van der Waals surface area contributed by atoms with Gasteiger partial charge in [-0.1, -0.05) is 30.3 Å². The normalized spacial score (nSPS) is 14.9. The van der Waals surface area contributed by atoms with E-state index in [9.17, 15) is 4.79 Å². The Labute approximate surface area is 143 Å². The third-order valence-corrected chi connectivity index (χ3v) is 4.61. The fourth-order valence-electron chi connectivity index (χ4n) is 3.30. The van der Waals surface area contributed by atoms with Crippen LogP contribution in [-0.2, 0) is 13.6 Å². The van der Waals surface area contributed by atoms with E-state index in [0.717, 1.165) is 37.4 Å². The third-order valence-electron chi connectivity index (χ3n) is 4.61. The minimum absolute atomic E-state index is 0.0566. The molecule has 0 unspecified atom stereocenters. The highest BCUT2D eigenvalue weighted by Crippen LogP contribution is 2.13. The van der Waals surface area contributed by atoms with E-state index < -0.39 is 0 Å². The molecule has 2 aromatic rings. The zero-order valence-corrected chi connectivity index (χ0v) is 14.6. The van der Waals surface area contributed by atoms with Crippen molar-refractivity contribution in [3.8, 4) is 0 Å². The van der Waals surface area contributed by atoms with E-state index in [1.54, 1.807) is 4.68 Å². The predicted octanol–water partition coefficient (Wildman–Crippen LogP) is 2.47. The summed E-state index contributed by atoms with van der Waals surface area (Å²) in [5.41, 5.74) is 2.69. The molecule has 0 N–H and O–H groups in total. The minimum atomic E-state index is 0.0566. The number of likely N-dealkylation sites (tertiary alicyclic amines) is 1. The summed E-state index contributed by atoms with van der Waals surface area (Å²) in [7, 11) is 1.83. The van der Waals surface area contributed by atoms with Gasteiger partial charge in [0.05, 0.1) is 5.69 Å². The van der Waals surface area contributed by atoms with E-state index in [0.29, 0.717) is 12.2 Å². The van der Waals surface area contributed by atoms with Gasteiger partial charge in [-0.25, -0.2) is 0 Å².